The summed E-state index contributed by atoms with van der Waals surface area (Å²) in [5.74, 6) is 0.133. The van der Waals surface area contributed by atoms with Crippen molar-refractivity contribution in [3.05, 3.63) is 35.4 Å². The number of benzene rings is 1. The molecule has 1 N–H and O–H groups in total. The van der Waals surface area contributed by atoms with E-state index in [9.17, 15) is 4.79 Å². The maximum Gasteiger partial charge on any atom is 0.160 e. The maximum atomic E-state index is 12.1. The van der Waals surface area contributed by atoms with Crippen LogP contribution in [0.4, 0.5) is 0 Å². The molecule has 0 radical (unpaired) electrons. The monoisotopic (exact) mass is 361 g/mol. The minimum Gasteiger partial charge on any atom is -0.304 e. The summed E-state index contributed by atoms with van der Waals surface area (Å²) in [6.45, 7) is 18.0. The van der Waals surface area contributed by atoms with E-state index < -0.39 is 0 Å². The molecule has 0 bridgehead atoms. The minimum absolute atomic E-state index is 0.0774. The Morgan fingerprint density at radius 3 is 2.19 bits per heavy atom. The first-order valence-corrected chi connectivity index (χ1v) is 10.3. The van der Waals surface area contributed by atoms with Crippen LogP contribution in [0.3, 0.4) is 0 Å². The Hall–Kier alpha value is -1.23. The van der Waals surface area contributed by atoms with E-state index in [2.05, 4.69) is 55.8 Å². The zero-order valence-corrected chi connectivity index (χ0v) is 17.7. The van der Waals surface area contributed by atoms with Crippen molar-refractivity contribution in [2.45, 2.75) is 66.6 Å². The number of Topliss-reactive ketones (excluding diaryl/α,β-unsaturated/α-hetero) is 1. The van der Waals surface area contributed by atoms with E-state index in [0.717, 1.165) is 50.3 Å². The third-order valence-corrected chi connectivity index (χ3v) is 5.26. The summed E-state index contributed by atoms with van der Waals surface area (Å²) < 4.78 is 0. The zero-order valence-electron chi connectivity index (χ0n) is 17.7. The van der Waals surface area contributed by atoms with Crippen LogP contribution < -0.4 is 5.32 Å². The van der Waals surface area contributed by atoms with Gasteiger partial charge in [-0.1, -0.05) is 52.0 Å². The molecular formula is C22H39N3O. The van der Waals surface area contributed by atoms with Crippen molar-refractivity contribution in [1.82, 2.24) is 15.1 Å². The van der Waals surface area contributed by atoms with Gasteiger partial charge in [0.25, 0.3) is 0 Å². The van der Waals surface area contributed by atoms with E-state index >= 15 is 0 Å². The molecule has 0 fully saturated rings. The molecule has 0 saturated heterocycles. The fourth-order valence-corrected chi connectivity index (χ4v) is 3.55. The Morgan fingerprint density at radius 2 is 1.65 bits per heavy atom. The quantitative estimate of drug-likeness (QED) is 0.419. The summed E-state index contributed by atoms with van der Waals surface area (Å²) >= 11 is 0. The molecule has 1 aromatic carbocycles. The van der Waals surface area contributed by atoms with Gasteiger partial charge in [0.05, 0.1) is 6.17 Å². The first kappa shape index (κ1) is 22.8. The summed E-state index contributed by atoms with van der Waals surface area (Å²) in [4.78, 5) is 17.0. The van der Waals surface area contributed by atoms with E-state index in [1.165, 1.54) is 6.42 Å². The second-order valence-electron chi connectivity index (χ2n) is 7.00. The molecule has 1 rings (SSSR count). The average Bonchev–Trinajstić information content (AvgIpc) is 2.65. The molecule has 2 atom stereocenters. The Bertz CT molecular complexity index is 524. The van der Waals surface area contributed by atoms with Gasteiger partial charge in [-0.2, -0.15) is 0 Å². The predicted molar refractivity (Wildman–Crippen MR) is 112 cm³/mol. The van der Waals surface area contributed by atoms with Crippen molar-refractivity contribution in [3.8, 4) is 0 Å². The van der Waals surface area contributed by atoms with E-state index in [1.54, 1.807) is 6.92 Å². The van der Waals surface area contributed by atoms with Gasteiger partial charge in [0.2, 0.25) is 0 Å². The van der Waals surface area contributed by atoms with Gasteiger partial charge in [-0.15, -0.1) is 0 Å². The molecule has 148 valence electrons. The molecule has 0 saturated carbocycles. The highest BCUT2D eigenvalue weighted by Gasteiger charge is 2.23. The molecular weight excluding hydrogens is 322 g/mol. The van der Waals surface area contributed by atoms with Crippen LogP contribution in [0, 0.1) is 0 Å². The molecule has 4 heteroatoms. The number of rotatable bonds is 13. The van der Waals surface area contributed by atoms with Gasteiger partial charge >= 0.3 is 0 Å². The van der Waals surface area contributed by atoms with Crippen molar-refractivity contribution in [2.24, 2.45) is 0 Å². The van der Waals surface area contributed by atoms with Gasteiger partial charge in [0, 0.05) is 11.6 Å². The SMILES string of the molecule is CCN(CC)CCCC(C)NC(c1ccccc1C(C)=O)N(CC)CC. The third-order valence-electron chi connectivity index (χ3n) is 5.26. The van der Waals surface area contributed by atoms with Gasteiger partial charge < -0.3 is 4.90 Å². The van der Waals surface area contributed by atoms with Crippen LogP contribution in [0.5, 0.6) is 0 Å². The van der Waals surface area contributed by atoms with E-state index in [-0.39, 0.29) is 11.9 Å². The number of hydrogen-bond donors (Lipinski definition) is 1. The summed E-state index contributed by atoms with van der Waals surface area (Å²) in [7, 11) is 0. The topological polar surface area (TPSA) is 35.6 Å². The number of nitrogens with one attached hydrogen (secondary N) is 1. The standard InChI is InChI=1S/C22H39N3O/c1-7-24(8-2)17-13-14-18(5)23-22(25(9-3)10-4)21-16-12-11-15-20(21)19(6)26/h11-12,15-16,18,22-23H,7-10,13-14,17H2,1-6H3. The highest BCUT2D eigenvalue weighted by molar-refractivity contribution is 5.95. The van der Waals surface area contributed by atoms with Gasteiger partial charge in [-0.05, 0) is 65.0 Å². The van der Waals surface area contributed by atoms with Crippen LogP contribution in [0.15, 0.2) is 24.3 Å². The lowest BCUT2D eigenvalue weighted by molar-refractivity contribution is 0.101. The normalized spacial score (nSPS) is 14.0. The van der Waals surface area contributed by atoms with E-state index in [1.807, 2.05) is 18.2 Å². The van der Waals surface area contributed by atoms with Crippen molar-refractivity contribution < 1.29 is 4.79 Å². The minimum atomic E-state index is 0.0774. The van der Waals surface area contributed by atoms with Gasteiger partial charge in [-0.3, -0.25) is 15.0 Å². The fourth-order valence-electron chi connectivity index (χ4n) is 3.55. The molecule has 0 aliphatic carbocycles. The smallest absolute Gasteiger partial charge is 0.160 e. The Balaban J connectivity index is 2.87. The first-order valence-electron chi connectivity index (χ1n) is 10.3. The van der Waals surface area contributed by atoms with Gasteiger partial charge in [-0.25, -0.2) is 0 Å². The summed E-state index contributed by atoms with van der Waals surface area (Å²) in [6.07, 6.45) is 2.40. The molecule has 0 aliphatic rings. The Kier molecular flexibility index (Phi) is 10.7. The lowest BCUT2D eigenvalue weighted by Gasteiger charge is -2.34. The largest absolute Gasteiger partial charge is 0.304 e. The predicted octanol–water partition coefficient (Wildman–Crippen LogP) is 4.33. The molecule has 26 heavy (non-hydrogen) atoms. The van der Waals surface area contributed by atoms with Crippen LogP contribution in [0.2, 0.25) is 0 Å². The van der Waals surface area contributed by atoms with Crippen LogP contribution in [0.25, 0.3) is 0 Å². The third kappa shape index (κ3) is 6.82. The average molecular weight is 362 g/mol. The van der Waals surface area contributed by atoms with Crippen LogP contribution >= 0.6 is 0 Å². The summed E-state index contributed by atoms with van der Waals surface area (Å²) in [6, 6.07) is 8.42. The second-order valence-corrected chi connectivity index (χ2v) is 7.00. The number of hydrogen-bond acceptors (Lipinski definition) is 4. The van der Waals surface area contributed by atoms with Gasteiger partial charge in [0.15, 0.2) is 5.78 Å². The van der Waals surface area contributed by atoms with Crippen molar-refractivity contribution in [1.29, 1.82) is 0 Å². The van der Waals surface area contributed by atoms with Crippen LogP contribution in [0.1, 0.15) is 76.5 Å². The first-order chi connectivity index (χ1) is 12.5. The molecule has 2 unspecified atom stereocenters. The molecule has 0 heterocycles. The van der Waals surface area contributed by atoms with Crippen molar-refractivity contribution in [3.63, 3.8) is 0 Å². The van der Waals surface area contributed by atoms with E-state index in [4.69, 9.17) is 0 Å². The molecule has 0 aromatic heterocycles. The lowest BCUT2D eigenvalue weighted by Crippen LogP contribution is -2.43. The number of ketones is 1. The Labute approximate surface area is 161 Å². The van der Waals surface area contributed by atoms with Crippen molar-refractivity contribution >= 4 is 5.78 Å². The molecule has 0 spiro atoms. The Morgan fingerprint density at radius 1 is 1.04 bits per heavy atom. The van der Waals surface area contributed by atoms with Crippen LogP contribution in [-0.2, 0) is 0 Å². The number of nitrogens with zero attached hydrogens (tertiary/aromatic N) is 2. The number of carbonyl (C=O) groups excluding carboxylic acids is 1. The van der Waals surface area contributed by atoms with Gasteiger partial charge in [0.1, 0.15) is 0 Å². The van der Waals surface area contributed by atoms with Crippen LogP contribution in [-0.4, -0.2) is 54.3 Å². The molecule has 1 aromatic rings. The highest BCUT2D eigenvalue weighted by Crippen LogP contribution is 2.23. The summed E-state index contributed by atoms with van der Waals surface area (Å²) in [5, 5.41) is 3.80. The maximum absolute atomic E-state index is 12.1. The van der Waals surface area contributed by atoms with Crippen molar-refractivity contribution in [2.75, 3.05) is 32.7 Å². The molecule has 0 amide bonds. The zero-order chi connectivity index (χ0) is 19.5. The lowest BCUT2D eigenvalue weighted by atomic mass is 10.00. The molecule has 0 aliphatic heterocycles. The van der Waals surface area contributed by atoms with E-state index in [0.29, 0.717) is 6.04 Å². The fraction of sp³-hybridized carbons (Fsp3) is 0.682. The summed E-state index contributed by atoms with van der Waals surface area (Å²) in [5.41, 5.74) is 1.92. The number of carbonyl (C=O) groups is 1. The molecule has 4 nitrogen and oxygen atoms in total. The highest BCUT2D eigenvalue weighted by atomic mass is 16.1. The second kappa shape index (κ2) is 12.2.